The molecule has 0 saturated carbocycles. The summed E-state index contributed by atoms with van der Waals surface area (Å²) in [6, 6.07) is 18.8. The molecular formula is C20H24IN3O. The van der Waals surface area contributed by atoms with Gasteiger partial charge in [-0.2, -0.15) is 0 Å². The highest BCUT2D eigenvalue weighted by Gasteiger charge is 2.11. The first-order chi connectivity index (χ1) is 11.7. The van der Waals surface area contributed by atoms with E-state index in [4.69, 9.17) is 4.42 Å². The second-order valence-electron chi connectivity index (χ2n) is 5.88. The van der Waals surface area contributed by atoms with Crippen LogP contribution in [0.4, 0.5) is 0 Å². The molecule has 0 aliphatic rings. The predicted octanol–water partition coefficient (Wildman–Crippen LogP) is 4.79. The highest BCUT2D eigenvalue weighted by molar-refractivity contribution is 14.0. The van der Waals surface area contributed by atoms with E-state index >= 15 is 0 Å². The Labute approximate surface area is 165 Å². The van der Waals surface area contributed by atoms with E-state index in [0.29, 0.717) is 6.54 Å². The van der Waals surface area contributed by atoms with E-state index in [0.717, 1.165) is 17.5 Å². The number of halogens is 1. The maximum absolute atomic E-state index is 5.67. The van der Waals surface area contributed by atoms with Gasteiger partial charge in [0.2, 0.25) is 0 Å². The number of aryl methyl sites for hydroxylation is 1. The summed E-state index contributed by atoms with van der Waals surface area (Å²) < 4.78 is 5.67. The molecule has 25 heavy (non-hydrogen) atoms. The van der Waals surface area contributed by atoms with E-state index < -0.39 is 0 Å². The summed E-state index contributed by atoms with van der Waals surface area (Å²) in [5.41, 5.74) is 1.25. The number of nitrogens with zero attached hydrogens (tertiary/aromatic N) is 1. The maximum Gasteiger partial charge on any atom is 0.191 e. The van der Waals surface area contributed by atoms with E-state index in [2.05, 4.69) is 65.0 Å². The number of guanidine groups is 1. The summed E-state index contributed by atoms with van der Waals surface area (Å²) in [4.78, 5) is 4.31. The Bertz CT molecular complexity index is 852. The Kier molecular flexibility index (Phi) is 6.87. The van der Waals surface area contributed by atoms with Gasteiger partial charge in [-0.15, -0.1) is 24.0 Å². The van der Waals surface area contributed by atoms with E-state index in [-0.39, 0.29) is 30.0 Å². The number of benzene rings is 2. The van der Waals surface area contributed by atoms with Crippen LogP contribution in [-0.2, 0) is 6.54 Å². The second kappa shape index (κ2) is 8.89. The summed E-state index contributed by atoms with van der Waals surface area (Å²) in [6.07, 6.45) is 0. The third-order valence-electron chi connectivity index (χ3n) is 4.09. The Hall–Kier alpha value is -2.02. The van der Waals surface area contributed by atoms with Crippen molar-refractivity contribution in [2.75, 3.05) is 7.05 Å². The van der Waals surface area contributed by atoms with Crippen LogP contribution < -0.4 is 10.6 Å². The lowest BCUT2D eigenvalue weighted by Gasteiger charge is -2.17. The van der Waals surface area contributed by atoms with E-state index in [1.165, 1.54) is 16.3 Å². The summed E-state index contributed by atoms with van der Waals surface area (Å²) in [7, 11) is 1.78. The van der Waals surface area contributed by atoms with Crippen molar-refractivity contribution >= 4 is 40.7 Å². The number of hydrogen-bond acceptors (Lipinski definition) is 2. The molecule has 3 aromatic rings. The normalized spacial score (nSPS) is 12.5. The third kappa shape index (κ3) is 4.75. The van der Waals surface area contributed by atoms with Crippen molar-refractivity contribution in [3.63, 3.8) is 0 Å². The minimum atomic E-state index is 0. The van der Waals surface area contributed by atoms with Crippen LogP contribution in [0.25, 0.3) is 10.8 Å². The number of hydrogen-bond donors (Lipinski definition) is 2. The van der Waals surface area contributed by atoms with Crippen LogP contribution in [0.1, 0.15) is 30.0 Å². The zero-order valence-corrected chi connectivity index (χ0v) is 17.1. The van der Waals surface area contributed by atoms with E-state index in [1.807, 2.05) is 19.1 Å². The SMILES string of the molecule is CN=C(NCc1cccc2ccccc12)NC(C)c1ccc(C)o1.I. The molecule has 4 nitrogen and oxygen atoms in total. The molecule has 0 fully saturated rings. The molecular weight excluding hydrogens is 425 g/mol. The van der Waals surface area contributed by atoms with Gasteiger partial charge in [-0.05, 0) is 42.3 Å². The van der Waals surface area contributed by atoms with Gasteiger partial charge in [-0.25, -0.2) is 0 Å². The zero-order valence-electron chi connectivity index (χ0n) is 14.7. The lowest BCUT2D eigenvalue weighted by molar-refractivity contribution is 0.441. The average Bonchev–Trinajstić information content (AvgIpc) is 3.05. The van der Waals surface area contributed by atoms with Crippen molar-refractivity contribution in [3.05, 3.63) is 71.7 Å². The molecule has 0 aliphatic heterocycles. The van der Waals surface area contributed by atoms with Crippen molar-refractivity contribution in [1.82, 2.24) is 10.6 Å². The fraction of sp³-hybridized carbons (Fsp3) is 0.250. The summed E-state index contributed by atoms with van der Waals surface area (Å²) in [5, 5.41) is 9.25. The number of furan rings is 1. The smallest absolute Gasteiger partial charge is 0.191 e. The van der Waals surface area contributed by atoms with Gasteiger partial charge >= 0.3 is 0 Å². The monoisotopic (exact) mass is 449 g/mol. The van der Waals surface area contributed by atoms with Gasteiger partial charge in [0.15, 0.2) is 5.96 Å². The molecule has 0 bridgehead atoms. The van der Waals surface area contributed by atoms with E-state index in [1.54, 1.807) is 7.05 Å². The topological polar surface area (TPSA) is 49.6 Å². The molecule has 0 saturated heterocycles. The van der Waals surface area contributed by atoms with Crippen molar-refractivity contribution in [1.29, 1.82) is 0 Å². The molecule has 0 radical (unpaired) electrons. The fourth-order valence-corrected chi connectivity index (χ4v) is 2.78. The van der Waals surface area contributed by atoms with Crippen LogP contribution in [0.2, 0.25) is 0 Å². The highest BCUT2D eigenvalue weighted by atomic mass is 127. The molecule has 0 aliphatic carbocycles. The molecule has 1 atom stereocenters. The van der Waals surface area contributed by atoms with Crippen LogP contribution in [0.15, 0.2) is 64.0 Å². The Morgan fingerprint density at radius 2 is 1.84 bits per heavy atom. The maximum atomic E-state index is 5.67. The van der Waals surface area contributed by atoms with Gasteiger partial charge in [-0.3, -0.25) is 4.99 Å². The van der Waals surface area contributed by atoms with E-state index in [9.17, 15) is 0 Å². The molecule has 132 valence electrons. The second-order valence-corrected chi connectivity index (χ2v) is 5.88. The quantitative estimate of drug-likeness (QED) is 0.342. The molecule has 1 heterocycles. The minimum Gasteiger partial charge on any atom is -0.464 e. The first kappa shape index (κ1) is 19.3. The van der Waals surface area contributed by atoms with Gasteiger partial charge in [0.1, 0.15) is 11.5 Å². The van der Waals surface area contributed by atoms with Crippen LogP contribution >= 0.6 is 24.0 Å². The molecule has 0 amide bonds. The third-order valence-corrected chi connectivity index (χ3v) is 4.09. The van der Waals surface area contributed by atoms with Gasteiger partial charge < -0.3 is 15.1 Å². The zero-order chi connectivity index (χ0) is 16.9. The van der Waals surface area contributed by atoms with Gasteiger partial charge in [0, 0.05) is 13.6 Å². The first-order valence-electron chi connectivity index (χ1n) is 8.17. The largest absolute Gasteiger partial charge is 0.464 e. The van der Waals surface area contributed by atoms with Crippen molar-refractivity contribution in [3.8, 4) is 0 Å². The molecule has 0 spiro atoms. The summed E-state index contributed by atoms with van der Waals surface area (Å²) in [6.45, 7) is 4.72. The number of rotatable bonds is 4. The van der Waals surface area contributed by atoms with Crippen LogP contribution in [0, 0.1) is 6.92 Å². The molecule has 2 N–H and O–H groups in total. The van der Waals surface area contributed by atoms with Crippen LogP contribution in [0.3, 0.4) is 0 Å². The predicted molar refractivity (Wildman–Crippen MR) is 115 cm³/mol. The van der Waals surface area contributed by atoms with Gasteiger partial charge in [-0.1, -0.05) is 42.5 Å². The summed E-state index contributed by atoms with van der Waals surface area (Å²) >= 11 is 0. The fourth-order valence-electron chi connectivity index (χ4n) is 2.78. The van der Waals surface area contributed by atoms with Gasteiger partial charge in [0.05, 0.1) is 6.04 Å². The Morgan fingerprint density at radius 1 is 1.08 bits per heavy atom. The first-order valence-corrected chi connectivity index (χ1v) is 8.17. The summed E-state index contributed by atoms with van der Waals surface area (Å²) in [5.74, 6) is 2.57. The molecule has 3 rings (SSSR count). The molecule has 1 unspecified atom stereocenters. The Balaban J connectivity index is 0.00000225. The highest BCUT2D eigenvalue weighted by Crippen LogP contribution is 2.18. The number of aliphatic imine (C=N–C) groups is 1. The van der Waals surface area contributed by atoms with Crippen LogP contribution in [-0.4, -0.2) is 13.0 Å². The average molecular weight is 449 g/mol. The lowest BCUT2D eigenvalue weighted by Crippen LogP contribution is -2.38. The van der Waals surface area contributed by atoms with Crippen LogP contribution in [0.5, 0.6) is 0 Å². The number of fused-ring (bicyclic) bond motifs is 1. The molecule has 1 aromatic heterocycles. The van der Waals surface area contributed by atoms with Crippen molar-refractivity contribution < 1.29 is 4.42 Å². The molecule has 5 heteroatoms. The van der Waals surface area contributed by atoms with Crippen molar-refractivity contribution in [2.45, 2.75) is 26.4 Å². The Morgan fingerprint density at radius 3 is 2.56 bits per heavy atom. The standard InChI is InChI=1S/C20H23N3O.HI/c1-14-11-12-19(24-14)15(2)23-20(21-3)22-13-17-9-6-8-16-7-4-5-10-18(16)17;/h4-12,15H,13H2,1-3H3,(H2,21,22,23);1H. The molecule has 2 aromatic carbocycles. The minimum absolute atomic E-state index is 0. The van der Waals surface area contributed by atoms with Gasteiger partial charge in [0.25, 0.3) is 0 Å². The van der Waals surface area contributed by atoms with Crippen molar-refractivity contribution in [2.24, 2.45) is 4.99 Å². The lowest BCUT2D eigenvalue weighted by atomic mass is 10.0. The number of nitrogens with one attached hydrogen (secondary N) is 2.